The third kappa shape index (κ3) is 7.95. The minimum atomic E-state index is -0.908. The Morgan fingerprint density at radius 3 is 2.31 bits per heavy atom. The van der Waals surface area contributed by atoms with Crippen LogP contribution in [0.25, 0.3) is 11.0 Å². The van der Waals surface area contributed by atoms with Crippen LogP contribution >= 0.6 is 11.8 Å². The zero-order valence-electron chi connectivity index (χ0n) is 28.4. The number of hydrogen-bond donors (Lipinski definition) is 1. The van der Waals surface area contributed by atoms with E-state index in [0.29, 0.717) is 35.1 Å². The highest BCUT2D eigenvalue weighted by molar-refractivity contribution is 7.99. The van der Waals surface area contributed by atoms with Crippen LogP contribution in [0.3, 0.4) is 0 Å². The summed E-state index contributed by atoms with van der Waals surface area (Å²) < 4.78 is 7.26. The van der Waals surface area contributed by atoms with Crippen LogP contribution in [-0.2, 0) is 14.3 Å². The lowest BCUT2D eigenvalue weighted by Crippen LogP contribution is -2.40. The zero-order valence-corrected chi connectivity index (χ0v) is 29.2. The van der Waals surface area contributed by atoms with Gasteiger partial charge in [0.1, 0.15) is 6.04 Å². The molecule has 1 aliphatic carbocycles. The molecule has 254 valence electrons. The lowest BCUT2D eigenvalue weighted by molar-refractivity contribution is -0.144. The number of carbonyl (C=O) groups is 3. The van der Waals surface area contributed by atoms with Crippen LogP contribution < -0.4 is 4.90 Å². The number of thioether (sulfide) groups is 1. The number of aliphatic carboxylic acids is 1. The summed E-state index contributed by atoms with van der Waals surface area (Å²) in [5, 5.41) is 11.0. The Morgan fingerprint density at radius 1 is 0.958 bits per heavy atom. The molecule has 0 saturated heterocycles. The van der Waals surface area contributed by atoms with Crippen molar-refractivity contribution in [3.63, 3.8) is 0 Å². The summed E-state index contributed by atoms with van der Waals surface area (Å²) in [7, 11) is 0. The predicted octanol–water partition coefficient (Wildman–Crippen LogP) is 8.76. The van der Waals surface area contributed by atoms with Gasteiger partial charge in [-0.15, -0.1) is 0 Å². The van der Waals surface area contributed by atoms with Crippen LogP contribution in [0, 0.1) is 11.3 Å². The van der Waals surface area contributed by atoms with Gasteiger partial charge in [-0.05, 0) is 67.3 Å². The first kappa shape index (κ1) is 35.2. The monoisotopic (exact) mass is 669 g/mol. The summed E-state index contributed by atoms with van der Waals surface area (Å²) in [6.07, 6.45) is 5.96. The second kappa shape index (κ2) is 15.9. The van der Waals surface area contributed by atoms with E-state index in [1.165, 1.54) is 18.2 Å². The molecule has 5 rings (SSSR count). The number of carbonyl (C=O) groups excluding carboxylic acids is 2. The minimum Gasteiger partial charge on any atom is -0.480 e. The number of amides is 1. The second-order valence-corrected chi connectivity index (χ2v) is 14.6. The first-order chi connectivity index (χ1) is 23.1. The Kier molecular flexibility index (Phi) is 11.6. The number of para-hydroxylation sites is 3. The van der Waals surface area contributed by atoms with E-state index in [1.807, 2.05) is 92.1 Å². The number of fused-ring (bicyclic) bond motifs is 1. The molecule has 48 heavy (non-hydrogen) atoms. The number of hydrogen-bond acceptors (Lipinski definition) is 6. The molecule has 1 amide bonds. The molecule has 1 aromatic heterocycles. The van der Waals surface area contributed by atoms with Crippen LogP contribution in [-0.4, -0.2) is 51.4 Å². The molecule has 1 N–H and O–H groups in total. The van der Waals surface area contributed by atoms with Crippen molar-refractivity contribution in [3.05, 3.63) is 90.0 Å². The van der Waals surface area contributed by atoms with Crippen molar-refractivity contribution in [2.45, 2.75) is 83.3 Å². The molecule has 0 spiro atoms. The number of benzene rings is 3. The number of esters is 1. The fraction of sp³-hybridized carbons (Fsp3) is 0.436. The van der Waals surface area contributed by atoms with Crippen molar-refractivity contribution in [1.82, 2.24) is 9.55 Å². The second-order valence-electron chi connectivity index (χ2n) is 13.6. The maximum Gasteiger partial charge on any atom is 0.340 e. The van der Waals surface area contributed by atoms with Gasteiger partial charge in [-0.2, -0.15) is 0 Å². The standard InChI is InChI=1S/C39H47N3O5S/c1-5-47-37(46)29-21-12-14-23-31(29)41(35(43)33(27-17-8-6-9-18-27)28-19-10-7-11-20-28)25-16-26-48-38-40-30-22-13-15-24-32(30)42(38)34(36(44)45)39(2,3)4/h6,8-9,12-15,17-18,21-24,28,33-34H,5,7,10-11,16,19-20,25-26H2,1-4H3,(H,44,45). The molecule has 0 radical (unpaired) electrons. The van der Waals surface area contributed by atoms with E-state index in [-0.39, 0.29) is 24.3 Å². The topological polar surface area (TPSA) is 102 Å². The molecule has 1 fully saturated rings. The zero-order chi connectivity index (χ0) is 34.3. The summed E-state index contributed by atoms with van der Waals surface area (Å²) >= 11 is 1.49. The lowest BCUT2D eigenvalue weighted by atomic mass is 9.76. The number of anilines is 1. The summed E-state index contributed by atoms with van der Waals surface area (Å²) in [5.41, 5.74) is 2.88. The van der Waals surface area contributed by atoms with Crippen LogP contribution in [0.15, 0.2) is 84.0 Å². The van der Waals surface area contributed by atoms with E-state index in [2.05, 4.69) is 0 Å². The van der Waals surface area contributed by atoms with Gasteiger partial charge in [0.15, 0.2) is 5.16 Å². The van der Waals surface area contributed by atoms with Crippen molar-refractivity contribution in [1.29, 1.82) is 0 Å². The van der Waals surface area contributed by atoms with Crippen molar-refractivity contribution in [3.8, 4) is 0 Å². The Labute approximate surface area is 287 Å². The number of carboxylic acid groups (broad SMARTS) is 1. The first-order valence-electron chi connectivity index (χ1n) is 17.1. The van der Waals surface area contributed by atoms with Crippen LogP contribution in [0.2, 0.25) is 0 Å². The largest absolute Gasteiger partial charge is 0.480 e. The Bertz CT molecular complexity index is 1710. The number of carboxylic acids is 1. The maximum absolute atomic E-state index is 14.9. The van der Waals surface area contributed by atoms with Crippen LogP contribution in [0.5, 0.6) is 0 Å². The maximum atomic E-state index is 14.9. The number of imidazole rings is 1. The van der Waals surface area contributed by atoms with E-state index in [9.17, 15) is 19.5 Å². The Morgan fingerprint density at radius 2 is 1.62 bits per heavy atom. The number of ether oxygens (including phenoxy) is 1. The van der Waals surface area contributed by atoms with Crippen LogP contribution in [0.1, 0.15) is 94.1 Å². The van der Waals surface area contributed by atoms with E-state index in [4.69, 9.17) is 9.72 Å². The van der Waals surface area contributed by atoms with Gasteiger partial charge >= 0.3 is 11.9 Å². The quantitative estimate of drug-likeness (QED) is 0.0863. The highest BCUT2D eigenvalue weighted by Gasteiger charge is 2.37. The summed E-state index contributed by atoms with van der Waals surface area (Å²) in [4.78, 5) is 47.3. The number of aromatic nitrogens is 2. The third-order valence-corrected chi connectivity index (χ3v) is 10.2. The van der Waals surface area contributed by atoms with Gasteiger partial charge in [-0.25, -0.2) is 14.6 Å². The van der Waals surface area contributed by atoms with E-state index in [0.717, 1.165) is 42.3 Å². The van der Waals surface area contributed by atoms with Gasteiger partial charge < -0.3 is 19.3 Å². The molecule has 2 unspecified atom stereocenters. The normalized spacial score (nSPS) is 15.2. The lowest BCUT2D eigenvalue weighted by Gasteiger charge is -2.35. The molecule has 2 atom stereocenters. The molecule has 1 aliphatic rings. The van der Waals surface area contributed by atoms with Gasteiger partial charge in [0, 0.05) is 12.3 Å². The number of rotatable bonds is 13. The van der Waals surface area contributed by atoms with Crippen LogP contribution in [0.4, 0.5) is 5.69 Å². The average Bonchev–Trinajstić information content (AvgIpc) is 3.42. The molecule has 1 heterocycles. The van der Waals surface area contributed by atoms with Gasteiger partial charge in [0.05, 0.1) is 34.8 Å². The predicted molar refractivity (Wildman–Crippen MR) is 192 cm³/mol. The highest BCUT2D eigenvalue weighted by Crippen LogP contribution is 2.40. The van der Waals surface area contributed by atoms with Crippen molar-refractivity contribution in [2.75, 3.05) is 23.8 Å². The summed E-state index contributed by atoms with van der Waals surface area (Å²) in [6.45, 7) is 8.16. The molecule has 0 bridgehead atoms. The van der Waals surface area contributed by atoms with Gasteiger partial charge in [0.25, 0.3) is 0 Å². The average molecular weight is 670 g/mol. The fourth-order valence-corrected chi connectivity index (χ4v) is 7.94. The smallest absolute Gasteiger partial charge is 0.340 e. The number of nitrogens with zero attached hydrogens (tertiary/aromatic N) is 3. The minimum absolute atomic E-state index is 0.0132. The van der Waals surface area contributed by atoms with Gasteiger partial charge in [-0.3, -0.25) is 4.79 Å². The first-order valence-corrected chi connectivity index (χ1v) is 18.1. The molecule has 4 aromatic rings. The summed E-state index contributed by atoms with van der Waals surface area (Å²) in [5.74, 6) is -0.905. The van der Waals surface area contributed by atoms with Crippen molar-refractivity contribution in [2.24, 2.45) is 11.3 Å². The third-order valence-electron chi connectivity index (χ3n) is 9.14. The molecular weight excluding hydrogens is 623 g/mol. The Hall–Kier alpha value is -4.11. The highest BCUT2D eigenvalue weighted by atomic mass is 32.2. The SMILES string of the molecule is CCOC(=O)c1ccccc1N(CCCSc1nc2ccccc2n1C(C(=O)O)C(C)(C)C)C(=O)C(c1ccccc1)C1CCCCC1. The molecule has 8 nitrogen and oxygen atoms in total. The van der Waals surface area contributed by atoms with E-state index >= 15 is 0 Å². The fourth-order valence-electron chi connectivity index (χ4n) is 6.98. The molecular formula is C39H47N3O5S. The van der Waals surface area contributed by atoms with Crippen molar-refractivity contribution < 1.29 is 24.2 Å². The Balaban J connectivity index is 1.47. The molecule has 1 saturated carbocycles. The molecule has 0 aliphatic heterocycles. The molecule has 9 heteroatoms. The van der Waals surface area contributed by atoms with Gasteiger partial charge in [-0.1, -0.05) is 106 Å². The van der Waals surface area contributed by atoms with E-state index in [1.54, 1.807) is 24.0 Å². The van der Waals surface area contributed by atoms with Crippen molar-refractivity contribution >= 4 is 46.3 Å². The van der Waals surface area contributed by atoms with Gasteiger partial charge in [0.2, 0.25) is 5.91 Å². The molecule has 3 aromatic carbocycles. The van der Waals surface area contributed by atoms with E-state index < -0.39 is 23.4 Å². The summed E-state index contributed by atoms with van der Waals surface area (Å²) in [6, 6.07) is 24.0.